The van der Waals surface area contributed by atoms with E-state index in [-0.39, 0.29) is 5.41 Å². The first-order valence-corrected chi connectivity index (χ1v) is 6.26. The van der Waals surface area contributed by atoms with Crippen LogP contribution in [-0.2, 0) is 12.0 Å². The molecule has 2 rings (SSSR count). The van der Waals surface area contributed by atoms with Crippen molar-refractivity contribution in [1.29, 1.82) is 0 Å². The van der Waals surface area contributed by atoms with Crippen molar-refractivity contribution < 1.29 is 0 Å². The Morgan fingerprint density at radius 3 is 2.58 bits per heavy atom. The number of nitrogens with two attached hydrogens (primary N) is 1. The normalized spacial score (nSPS) is 11.5. The molecule has 2 aromatic rings. The minimum Gasteiger partial charge on any atom is -0.384 e. The molecule has 0 unspecified atom stereocenters. The molecule has 0 aliphatic rings. The number of hydrogen-bond donors (Lipinski definition) is 2. The maximum atomic E-state index is 5.62. The van der Waals surface area contributed by atoms with E-state index >= 15 is 0 Å². The summed E-state index contributed by atoms with van der Waals surface area (Å²) in [6.07, 6.45) is 5.31. The highest BCUT2D eigenvalue weighted by Crippen LogP contribution is 2.21. The SMILES string of the molecule is CC(C)(CNCc1nccc(N)n1)c1ccncc1. The largest absolute Gasteiger partial charge is 0.384 e. The van der Waals surface area contributed by atoms with Crippen LogP contribution in [0.2, 0.25) is 0 Å². The standard InChI is InChI=1S/C14H19N5/c1-14(2,11-3-6-16-7-4-11)10-17-9-13-18-8-5-12(15)19-13/h3-8,17H,9-10H2,1-2H3,(H2,15,18,19). The summed E-state index contributed by atoms with van der Waals surface area (Å²) in [4.78, 5) is 12.4. The molecule has 5 heteroatoms. The van der Waals surface area contributed by atoms with Crippen molar-refractivity contribution in [3.05, 3.63) is 48.2 Å². The van der Waals surface area contributed by atoms with Crippen LogP contribution < -0.4 is 11.1 Å². The lowest BCUT2D eigenvalue weighted by atomic mass is 9.85. The van der Waals surface area contributed by atoms with Gasteiger partial charge in [-0.15, -0.1) is 0 Å². The zero-order valence-corrected chi connectivity index (χ0v) is 11.3. The average Bonchev–Trinajstić information content (AvgIpc) is 2.40. The Morgan fingerprint density at radius 1 is 1.16 bits per heavy atom. The Morgan fingerprint density at radius 2 is 1.89 bits per heavy atom. The van der Waals surface area contributed by atoms with E-state index in [0.29, 0.717) is 18.2 Å². The number of hydrogen-bond acceptors (Lipinski definition) is 5. The summed E-state index contributed by atoms with van der Waals surface area (Å²) in [5, 5.41) is 3.37. The molecule has 3 N–H and O–H groups in total. The summed E-state index contributed by atoms with van der Waals surface area (Å²) in [5.41, 5.74) is 6.91. The van der Waals surface area contributed by atoms with E-state index in [0.717, 1.165) is 6.54 Å². The van der Waals surface area contributed by atoms with Crippen LogP contribution in [0.5, 0.6) is 0 Å². The summed E-state index contributed by atoms with van der Waals surface area (Å²) in [7, 11) is 0. The monoisotopic (exact) mass is 257 g/mol. The highest BCUT2D eigenvalue weighted by Gasteiger charge is 2.19. The minimum atomic E-state index is 0.0310. The first-order chi connectivity index (χ1) is 9.08. The molecule has 2 heterocycles. The Bertz CT molecular complexity index is 524. The third kappa shape index (κ3) is 3.72. The third-order valence-corrected chi connectivity index (χ3v) is 3.04. The van der Waals surface area contributed by atoms with Crippen LogP contribution in [0.15, 0.2) is 36.8 Å². The van der Waals surface area contributed by atoms with Gasteiger partial charge in [0.05, 0.1) is 6.54 Å². The van der Waals surface area contributed by atoms with Crippen LogP contribution in [0.4, 0.5) is 5.82 Å². The second kappa shape index (κ2) is 5.75. The van der Waals surface area contributed by atoms with Crippen molar-refractivity contribution >= 4 is 5.82 Å². The number of nitrogen functional groups attached to an aromatic ring is 1. The second-order valence-electron chi connectivity index (χ2n) is 5.12. The van der Waals surface area contributed by atoms with Gasteiger partial charge in [0.25, 0.3) is 0 Å². The van der Waals surface area contributed by atoms with Gasteiger partial charge < -0.3 is 11.1 Å². The molecule has 0 saturated carbocycles. The summed E-state index contributed by atoms with van der Waals surface area (Å²) in [6.45, 7) is 5.82. The molecule has 0 saturated heterocycles. The molecule has 0 spiro atoms. The lowest BCUT2D eigenvalue weighted by Crippen LogP contribution is -2.33. The van der Waals surface area contributed by atoms with Gasteiger partial charge in [-0.05, 0) is 23.8 Å². The van der Waals surface area contributed by atoms with Crippen molar-refractivity contribution in [3.8, 4) is 0 Å². The number of rotatable bonds is 5. The molecule has 0 radical (unpaired) electrons. The molecule has 0 aliphatic heterocycles. The minimum absolute atomic E-state index is 0.0310. The van der Waals surface area contributed by atoms with Crippen LogP contribution in [0, 0.1) is 0 Å². The highest BCUT2D eigenvalue weighted by atomic mass is 15.0. The fraction of sp³-hybridized carbons (Fsp3) is 0.357. The Kier molecular flexibility index (Phi) is 4.06. The highest BCUT2D eigenvalue weighted by molar-refractivity contribution is 5.25. The molecule has 0 atom stereocenters. The average molecular weight is 257 g/mol. The van der Waals surface area contributed by atoms with E-state index in [1.54, 1.807) is 12.3 Å². The van der Waals surface area contributed by atoms with Gasteiger partial charge >= 0.3 is 0 Å². The van der Waals surface area contributed by atoms with Crippen molar-refractivity contribution in [2.24, 2.45) is 0 Å². The van der Waals surface area contributed by atoms with E-state index in [9.17, 15) is 0 Å². The second-order valence-corrected chi connectivity index (χ2v) is 5.12. The van der Waals surface area contributed by atoms with E-state index in [1.165, 1.54) is 5.56 Å². The van der Waals surface area contributed by atoms with Gasteiger partial charge in [-0.25, -0.2) is 9.97 Å². The van der Waals surface area contributed by atoms with E-state index in [1.807, 2.05) is 24.5 Å². The third-order valence-electron chi connectivity index (χ3n) is 3.04. The van der Waals surface area contributed by atoms with Crippen LogP contribution in [0.1, 0.15) is 25.2 Å². The molecule has 0 fully saturated rings. The van der Waals surface area contributed by atoms with Crippen molar-refractivity contribution in [2.45, 2.75) is 25.8 Å². The molecule has 0 bridgehead atoms. The molecular formula is C14H19N5. The maximum absolute atomic E-state index is 5.62. The van der Waals surface area contributed by atoms with Crippen molar-refractivity contribution in [1.82, 2.24) is 20.3 Å². The predicted molar refractivity (Wildman–Crippen MR) is 75.4 cm³/mol. The quantitative estimate of drug-likeness (QED) is 0.849. The van der Waals surface area contributed by atoms with Crippen molar-refractivity contribution in [2.75, 3.05) is 12.3 Å². The number of nitrogens with zero attached hydrogens (tertiary/aromatic N) is 3. The van der Waals surface area contributed by atoms with Crippen LogP contribution in [-0.4, -0.2) is 21.5 Å². The number of anilines is 1. The molecule has 0 aliphatic carbocycles. The van der Waals surface area contributed by atoms with Crippen LogP contribution >= 0.6 is 0 Å². The lowest BCUT2D eigenvalue weighted by Gasteiger charge is -2.25. The zero-order valence-electron chi connectivity index (χ0n) is 11.3. The lowest BCUT2D eigenvalue weighted by molar-refractivity contribution is 0.464. The number of nitrogens with one attached hydrogen (secondary N) is 1. The van der Waals surface area contributed by atoms with E-state index in [2.05, 4.69) is 34.1 Å². The Labute approximate surface area is 113 Å². The molecule has 5 nitrogen and oxygen atoms in total. The first-order valence-electron chi connectivity index (χ1n) is 6.26. The summed E-state index contributed by atoms with van der Waals surface area (Å²) >= 11 is 0. The fourth-order valence-electron chi connectivity index (χ4n) is 1.89. The fourth-order valence-corrected chi connectivity index (χ4v) is 1.89. The Hall–Kier alpha value is -2.01. The summed E-state index contributed by atoms with van der Waals surface area (Å²) in [6, 6.07) is 5.77. The molecule has 19 heavy (non-hydrogen) atoms. The summed E-state index contributed by atoms with van der Waals surface area (Å²) in [5.74, 6) is 1.21. The first kappa shape index (κ1) is 13.4. The molecule has 2 aromatic heterocycles. The molecule has 100 valence electrons. The van der Waals surface area contributed by atoms with Crippen LogP contribution in [0.3, 0.4) is 0 Å². The zero-order chi connectivity index (χ0) is 13.7. The van der Waals surface area contributed by atoms with Gasteiger partial charge in [-0.1, -0.05) is 13.8 Å². The van der Waals surface area contributed by atoms with Crippen molar-refractivity contribution in [3.63, 3.8) is 0 Å². The smallest absolute Gasteiger partial charge is 0.144 e. The van der Waals surface area contributed by atoms with Gasteiger partial charge in [0.15, 0.2) is 0 Å². The molecule has 0 aromatic carbocycles. The number of pyridine rings is 1. The van der Waals surface area contributed by atoms with Gasteiger partial charge in [0, 0.05) is 30.6 Å². The van der Waals surface area contributed by atoms with Gasteiger partial charge in [0.1, 0.15) is 11.6 Å². The molecular weight excluding hydrogens is 238 g/mol. The van der Waals surface area contributed by atoms with E-state index < -0.39 is 0 Å². The predicted octanol–water partition coefficient (Wildman–Crippen LogP) is 1.52. The van der Waals surface area contributed by atoms with Gasteiger partial charge in [0.2, 0.25) is 0 Å². The van der Waals surface area contributed by atoms with E-state index in [4.69, 9.17) is 5.73 Å². The maximum Gasteiger partial charge on any atom is 0.144 e. The Balaban J connectivity index is 1.92. The topological polar surface area (TPSA) is 76.7 Å². The van der Waals surface area contributed by atoms with Crippen LogP contribution in [0.25, 0.3) is 0 Å². The molecule has 0 amide bonds. The summed E-state index contributed by atoms with van der Waals surface area (Å²) < 4.78 is 0. The van der Waals surface area contributed by atoms with Gasteiger partial charge in [-0.2, -0.15) is 0 Å². The van der Waals surface area contributed by atoms with Gasteiger partial charge in [-0.3, -0.25) is 4.98 Å². The number of aromatic nitrogens is 3.